The van der Waals surface area contributed by atoms with Gasteiger partial charge in [0.1, 0.15) is 0 Å². The largest absolute Gasteiger partial charge is 0.313 e. The van der Waals surface area contributed by atoms with Gasteiger partial charge in [-0.1, -0.05) is 18.2 Å². The minimum Gasteiger partial charge on any atom is -0.313 e. The fourth-order valence-electron chi connectivity index (χ4n) is 2.41. The second kappa shape index (κ2) is 5.51. The first-order valence-electron chi connectivity index (χ1n) is 6.40. The summed E-state index contributed by atoms with van der Waals surface area (Å²) in [4.78, 5) is 4.42. The summed E-state index contributed by atoms with van der Waals surface area (Å²) in [6.45, 7) is 0. The van der Waals surface area contributed by atoms with E-state index in [0.29, 0.717) is 6.04 Å². The molecule has 0 amide bonds. The molecule has 0 saturated heterocycles. The van der Waals surface area contributed by atoms with Gasteiger partial charge >= 0.3 is 0 Å². The maximum Gasteiger partial charge on any atom is 0.0704 e. The van der Waals surface area contributed by atoms with Gasteiger partial charge in [0, 0.05) is 17.6 Å². The molecule has 19 heavy (non-hydrogen) atoms. The summed E-state index contributed by atoms with van der Waals surface area (Å²) in [7, 11) is 2.02. The van der Waals surface area contributed by atoms with E-state index in [1.54, 1.807) is 11.3 Å². The van der Waals surface area contributed by atoms with E-state index in [-0.39, 0.29) is 0 Å². The fraction of sp³-hybridized carbons (Fsp3) is 0.188. The number of nitrogens with one attached hydrogen (secondary N) is 1. The first kappa shape index (κ1) is 12.3. The summed E-state index contributed by atoms with van der Waals surface area (Å²) in [5.74, 6) is 0. The first-order chi connectivity index (χ1) is 9.38. The highest BCUT2D eigenvalue weighted by atomic mass is 32.1. The van der Waals surface area contributed by atoms with Gasteiger partial charge in [0.15, 0.2) is 0 Å². The summed E-state index contributed by atoms with van der Waals surface area (Å²) in [5.41, 5.74) is 3.77. The van der Waals surface area contributed by atoms with Crippen LogP contribution in [0.5, 0.6) is 0 Å². The Hall–Kier alpha value is -1.71. The van der Waals surface area contributed by atoms with E-state index in [0.717, 1.165) is 11.9 Å². The lowest BCUT2D eigenvalue weighted by molar-refractivity contribution is 0.596. The van der Waals surface area contributed by atoms with Crippen LogP contribution in [0.2, 0.25) is 0 Å². The van der Waals surface area contributed by atoms with E-state index >= 15 is 0 Å². The van der Waals surface area contributed by atoms with Crippen molar-refractivity contribution in [1.29, 1.82) is 0 Å². The van der Waals surface area contributed by atoms with E-state index in [9.17, 15) is 0 Å². The van der Waals surface area contributed by atoms with Crippen molar-refractivity contribution in [2.24, 2.45) is 0 Å². The highest BCUT2D eigenvalue weighted by Gasteiger charge is 2.12. The lowest BCUT2D eigenvalue weighted by atomic mass is 9.98. The van der Waals surface area contributed by atoms with Crippen molar-refractivity contribution in [2.45, 2.75) is 12.5 Å². The van der Waals surface area contributed by atoms with E-state index in [2.05, 4.69) is 51.4 Å². The fourth-order valence-corrected chi connectivity index (χ4v) is 3.13. The number of hydrogen-bond acceptors (Lipinski definition) is 3. The van der Waals surface area contributed by atoms with Crippen LogP contribution in [0.4, 0.5) is 0 Å². The number of pyridine rings is 1. The van der Waals surface area contributed by atoms with Crippen LogP contribution in [-0.2, 0) is 6.42 Å². The Bertz CT molecular complexity index is 656. The van der Waals surface area contributed by atoms with Gasteiger partial charge < -0.3 is 5.32 Å². The number of likely N-dealkylation sites (N-methyl/N-ethyl adjacent to an activating group) is 1. The number of benzene rings is 1. The van der Waals surface area contributed by atoms with Crippen LogP contribution in [0.15, 0.2) is 53.4 Å². The van der Waals surface area contributed by atoms with Crippen LogP contribution >= 0.6 is 11.3 Å². The third kappa shape index (κ3) is 2.53. The number of para-hydroxylation sites is 1. The number of fused-ring (bicyclic) bond motifs is 1. The summed E-state index contributed by atoms with van der Waals surface area (Å²) in [6, 6.07) is 13.0. The molecule has 0 aliphatic heterocycles. The zero-order chi connectivity index (χ0) is 13.1. The molecule has 0 aliphatic carbocycles. The molecule has 2 aromatic heterocycles. The summed E-state index contributed by atoms with van der Waals surface area (Å²) in [6.07, 6.45) is 2.88. The van der Waals surface area contributed by atoms with Gasteiger partial charge in [0.05, 0.1) is 5.52 Å². The van der Waals surface area contributed by atoms with Crippen molar-refractivity contribution in [3.05, 3.63) is 64.5 Å². The quantitative estimate of drug-likeness (QED) is 0.778. The van der Waals surface area contributed by atoms with Gasteiger partial charge in [0.2, 0.25) is 0 Å². The molecule has 3 heteroatoms. The second-order valence-corrected chi connectivity index (χ2v) is 5.37. The Morgan fingerprint density at radius 3 is 2.89 bits per heavy atom. The monoisotopic (exact) mass is 268 g/mol. The predicted molar refractivity (Wildman–Crippen MR) is 81.6 cm³/mol. The van der Waals surface area contributed by atoms with Gasteiger partial charge in [-0.05, 0) is 53.6 Å². The van der Waals surface area contributed by atoms with Crippen molar-refractivity contribution in [3.8, 4) is 0 Å². The minimum absolute atomic E-state index is 0.358. The molecule has 0 aliphatic rings. The molecule has 1 N–H and O–H groups in total. The molecular formula is C16H16N2S. The number of aromatic nitrogens is 1. The van der Waals surface area contributed by atoms with Crippen molar-refractivity contribution >= 4 is 22.2 Å². The third-order valence-electron chi connectivity index (χ3n) is 3.46. The smallest absolute Gasteiger partial charge is 0.0704 e. The van der Waals surface area contributed by atoms with Crippen LogP contribution in [0.3, 0.4) is 0 Å². The number of thiophene rings is 1. The molecule has 2 nitrogen and oxygen atoms in total. The molecular weight excluding hydrogens is 252 g/mol. The lowest BCUT2D eigenvalue weighted by Crippen LogP contribution is -2.18. The van der Waals surface area contributed by atoms with Gasteiger partial charge in [-0.25, -0.2) is 0 Å². The Labute approximate surface area is 117 Å². The van der Waals surface area contributed by atoms with Crippen LogP contribution in [-0.4, -0.2) is 12.0 Å². The number of rotatable bonds is 4. The highest BCUT2D eigenvalue weighted by Crippen LogP contribution is 2.24. The lowest BCUT2D eigenvalue weighted by Gasteiger charge is -2.16. The molecule has 2 heterocycles. The molecule has 1 unspecified atom stereocenters. The van der Waals surface area contributed by atoms with Gasteiger partial charge in [-0.15, -0.1) is 0 Å². The van der Waals surface area contributed by atoms with Crippen molar-refractivity contribution in [2.75, 3.05) is 7.05 Å². The SMILES string of the molecule is CNC(Cc1ccnc2ccccc12)c1ccsc1. The predicted octanol–water partition coefficient (Wildman–Crippen LogP) is 3.80. The molecule has 0 radical (unpaired) electrons. The second-order valence-electron chi connectivity index (χ2n) is 4.59. The van der Waals surface area contributed by atoms with Crippen LogP contribution < -0.4 is 5.32 Å². The van der Waals surface area contributed by atoms with Crippen LogP contribution in [0.25, 0.3) is 10.9 Å². The molecule has 1 aromatic carbocycles. The average molecular weight is 268 g/mol. The summed E-state index contributed by atoms with van der Waals surface area (Å²) in [5, 5.41) is 9.00. The maximum absolute atomic E-state index is 4.42. The molecule has 0 fully saturated rings. The summed E-state index contributed by atoms with van der Waals surface area (Å²) < 4.78 is 0. The number of hydrogen-bond donors (Lipinski definition) is 1. The molecule has 1 atom stereocenters. The van der Waals surface area contributed by atoms with E-state index in [4.69, 9.17) is 0 Å². The third-order valence-corrected chi connectivity index (χ3v) is 4.16. The number of nitrogens with zero attached hydrogens (tertiary/aromatic N) is 1. The Morgan fingerprint density at radius 1 is 1.21 bits per heavy atom. The summed E-state index contributed by atoms with van der Waals surface area (Å²) >= 11 is 1.75. The Kier molecular flexibility index (Phi) is 3.58. The topological polar surface area (TPSA) is 24.9 Å². The normalized spacial score (nSPS) is 12.7. The van der Waals surface area contributed by atoms with Gasteiger partial charge in [0.25, 0.3) is 0 Å². The molecule has 0 bridgehead atoms. The van der Waals surface area contributed by atoms with Gasteiger partial charge in [-0.3, -0.25) is 4.98 Å². The zero-order valence-corrected chi connectivity index (χ0v) is 11.7. The van der Waals surface area contributed by atoms with Crippen LogP contribution in [0, 0.1) is 0 Å². The van der Waals surface area contributed by atoms with E-state index in [1.807, 2.05) is 19.3 Å². The van der Waals surface area contributed by atoms with Crippen molar-refractivity contribution in [3.63, 3.8) is 0 Å². The first-order valence-corrected chi connectivity index (χ1v) is 7.35. The molecule has 3 rings (SSSR count). The average Bonchev–Trinajstić information content (AvgIpc) is 2.99. The van der Waals surface area contributed by atoms with Gasteiger partial charge in [-0.2, -0.15) is 11.3 Å². The standard InChI is InChI=1S/C16H16N2S/c1-17-16(13-7-9-19-11-13)10-12-6-8-18-15-5-3-2-4-14(12)15/h2-9,11,16-17H,10H2,1H3. The minimum atomic E-state index is 0.358. The van der Waals surface area contributed by atoms with Crippen molar-refractivity contribution < 1.29 is 0 Å². The maximum atomic E-state index is 4.42. The van der Waals surface area contributed by atoms with E-state index in [1.165, 1.54) is 16.5 Å². The molecule has 96 valence electrons. The zero-order valence-electron chi connectivity index (χ0n) is 10.8. The Balaban J connectivity index is 1.96. The highest BCUT2D eigenvalue weighted by molar-refractivity contribution is 7.07. The molecule has 0 spiro atoms. The Morgan fingerprint density at radius 2 is 2.11 bits per heavy atom. The molecule has 3 aromatic rings. The molecule has 0 saturated carbocycles. The van der Waals surface area contributed by atoms with Crippen LogP contribution in [0.1, 0.15) is 17.2 Å². The van der Waals surface area contributed by atoms with Crippen molar-refractivity contribution in [1.82, 2.24) is 10.3 Å². The van der Waals surface area contributed by atoms with E-state index < -0.39 is 0 Å².